The number of aromatic amines is 1. The zero-order valence-electron chi connectivity index (χ0n) is 27.9. The third kappa shape index (κ3) is 9.85. The highest BCUT2D eigenvalue weighted by atomic mass is 32.2. The van der Waals surface area contributed by atoms with Crippen molar-refractivity contribution < 1.29 is 70.8 Å². The molecule has 1 aliphatic rings. The third-order valence-electron chi connectivity index (χ3n) is 7.21. The minimum atomic E-state index is -5.38. The molecule has 1 fully saturated rings. The van der Waals surface area contributed by atoms with Gasteiger partial charge in [-0.05, 0) is 13.8 Å². The van der Waals surface area contributed by atoms with Crippen molar-refractivity contribution in [1.82, 2.24) is 9.55 Å². The number of hydrogen-bond acceptors (Lipinski definition) is 16. The number of aliphatic hydroxyl groups excluding tert-OH is 1. The van der Waals surface area contributed by atoms with Crippen LogP contribution in [-0.4, -0.2) is 110 Å². The quantitative estimate of drug-likeness (QED) is 0.0569. The number of hydrogen-bond donors (Lipinski definition) is 3. The fourth-order valence-corrected chi connectivity index (χ4v) is 6.51. The number of esters is 2. The summed E-state index contributed by atoms with van der Waals surface area (Å²) in [6.07, 6.45) is -6.76. The molecule has 50 heavy (non-hydrogen) atoms. The smallest absolute Gasteiger partial charge is 0.472 e. The van der Waals surface area contributed by atoms with Gasteiger partial charge in [-0.2, -0.15) is 0 Å². The molecule has 2 heterocycles. The summed E-state index contributed by atoms with van der Waals surface area (Å²) in [5.74, 6) is -0.821. The lowest BCUT2D eigenvalue weighted by atomic mass is 9.90. The monoisotopic (exact) mass is 754 g/mol. The summed E-state index contributed by atoms with van der Waals surface area (Å²) >= 11 is 1.20. The zero-order valence-corrected chi connectivity index (χ0v) is 29.6. The number of phosphoric acid groups is 1. The minimum Gasteiger partial charge on any atom is -0.496 e. The van der Waals surface area contributed by atoms with E-state index in [4.69, 9.17) is 42.2 Å². The van der Waals surface area contributed by atoms with Gasteiger partial charge in [-0.25, -0.2) is 13.8 Å². The van der Waals surface area contributed by atoms with Crippen LogP contribution in [0, 0.1) is 5.41 Å². The maximum Gasteiger partial charge on any atom is 0.472 e. The van der Waals surface area contributed by atoms with Crippen LogP contribution in [0.1, 0.15) is 25.6 Å². The lowest BCUT2D eigenvalue weighted by Gasteiger charge is -2.29. The number of H-pyrrole nitrogens is 1. The molecule has 0 spiro atoms. The Balaban J connectivity index is 1.78. The number of thioether (sulfide) groups is 1. The standard InChI is InChI=1S/C29H40FN2O16PS/c1-6-44-26(35)29(27(36)45-7-2,14-43-16-50-13-18-19(41-4)10-17(40-3)11-20(18)42-5)15-46-49(38,39)48-24-21(12-33)47-25(23(24)30)32-9-8-22(34)31-28(32)37/h8-11,21,23-25,33H,6-7,12-16H2,1-5H3,(H,38,39)(H,31,34,37). The Bertz CT molecular complexity index is 1580. The lowest BCUT2D eigenvalue weighted by Crippen LogP contribution is -2.49. The summed E-state index contributed by atoms with van der Waals surface area (Å²) in [6.45, 7) is -0.334. The van der Waals surface area contributed by atoms with Gasteiger partial charge in [-0.15, -0.1) is 11.8 Å². The Morgan fingerprint density at radius 3 is 2.20 bits per heavy atom. The summed E-state index contributed by atoms with van der Waals surface area (Å²) in [5, 5.41) is 9.76. The zero-order chi connectivity index (χ0) is 37.1. The second-order valence-electron chi connectivity index (χ2n) is 10.4. The van der Waals surface area contributed by atoms with Crippen molar-refractivity contribution in [2.24, 2.45) is 5.41 Å². The van der Waals surface area contributed by atoms with Gasteiger partial charge in [0.1, 0.15) is 29.5 Å². The number of phosphoric ester groups is 1. The molecule has 1 aromatic carbocycles. The second kappa shape index (κ2) is 18.7. The average Bonchev–Trinajstić information content (AvgIpc) is 3.39. The van der Waals surface area contributed by atoms with Gasteiger partial charge in [0.25, 0.3) is 5.56 Å². The van der Waals surface area contributed by atoms with Crippen molar-refractivity contribution >= 4 is 31.5 Å². The predicted octanol–water partition coefficient (Wildman–Crippen LogP) is 1.31. The van der Waals surface area contributed by atoms with E-state index in [1.165, 1.54) is 46.9 Å². The van der Waals surface area contributed by atoms with Gasteiger partial charge in [-0.3, -0.25) is 33.0 Å². The molecule has 2 aromatic rings. The molecular formula is C29H40FN2O16PS. The molecule has 1 saturated heterocycles. The molecule has 0 aliphatic carbocycles. The first-order chi connectivity index (χ1) is 23.8. The average molecular weight is 755 g/mol. The number of halogens is 1. The summed E-state index contributed by atoms with van der Waals surface area (Å²) in [7, 11) is -0.950. The number of carbonyl (C=O) groups is 2. The van der Waals surface area contributed by atoms with Gasteiger partial charge in [0.2, 0.25) is 5.41 Å². The van der Waals surface area contributed by atoms with E-state index in [1.807, 2.05) is 4.98 Å². The Labute approximate surface area is 289 Å². The van der Waals surface area contributed by atoms with E-state index in [-0.39, 0.29) is 24.9 Å². The first-order valence-corrected chi connectivity index (χ1v) is 17.6. The molecule has 1 aliphatic heterocycles. The predicted molar refractivity (Wildman–Crippen MR) is 172 cm³/mol. The number of alkyl halides is 1. The minimum absolute atomic E-state index is 0.126. The van der Waals surface area contributed by atoms with Crippen LogP contribution in [0.3, 0.4) is 0 Å². The lowest BCUT2D eigenvalue weighted by molar-refractivity contribution is -0.179. The van der Waals surface area contributed by atoms with Crippen molar-refractivity contribution in [3.05, 3.63) is 50.8 Å². The number of methoxy groups -OCH3 is 3. The fraction of sp³-hybridized carbons (Fsp3) is 0.586. The van der Waals surface area contributed by atoms with Crippen molar-refractivity contribution in [2.75, 3.05) is 60.3 Å². The molecular weight excluding hydrogens is 714 g/mol. The van der Waals surface area contributed by atoms with Crippen LogP contribution < -0.4 is 25.5 Å². The van der Waals surface area contributed by atoms with Crippen LogP contribution in [-0.2, 0) is 47.9 Å². The largest absolute Gasteiger partial charge is 0.496 e. The molecule has 3 rings (SSSR count). The molecule has 0 bridgehead atoms. The molecule has 18 nitrogen and oxygen atoms in total. The molecule has 5 unspecified atom stereocenters. The van der Waals surface area contributed by atoms with Crippen molar-refractivity contribution in [1.29, 1.82) is 0 Å². The molecule has 3 N–H and O–H groups in total. The van der Waals surface area contributed by atoms with Crippen LogP contribution in [0.5, 0.6) is 17.2 Å². The van der Waals surface area contributed by atoms with Crippen LogP contribution in [0.15, 0.2) is 34.0 Å². The molecule has 21 heteroatoms. The molecule has 0 amide bonds. The van der Waals surface area contributed by atoms with Crippen LogP contribution in [0.2, 0.25) is 0 Å². The van der Waals surface area contributed by atoms with Crippen molar-refractivity contribution in [3.63, 3.8) is 0 Å². The van der Waals surface area contributed by atoms with Gasteiger partial charge in [0.15, 0.2) is 12.4 Å². The van der Waals surface area contributed by atoms with Crippen molar-refractivity contribution in [3.8, 4) is 17.2 Å². The first kappa shape index (κ1) is 40.9. The third-order valence-corrected chi connectivity index (χ3v) is 9.00. The second-order valence-corrected chi connectivity index (χ2v) is 12.7. The highest BCUT2D eigenvalue weighted by Gasteiger charge is 2.54. The summed E-state index contributed by atoms with van der Waals surface area (Å²) < 4.78 is 76.7. The molecule has 1 aromatic heterocycles. The Kier molecular flexibility index (Phi) is 15.3. The molecule has 0 radical (unpaired) electrons. The van der Waals surface area contributed by atoms with E-state index in [1.54, 1.807) is 12.1 Å². The van der Waals surface area contributed by atoms with E-state index in [0.717, 1.165) is 12.3 Å². The highest BCUT2D eigenvalue weighted by molar-refractivity contribution is 7.98. The van der Waals surface area contributed by atoms with Crippen LogP contribution in [0.25, 0.3) is 0 Å². The fourth-order valence-electron chi connectivity index (χ4n) is 4.73. The molecule has 280 valence electrons. The number of carbonyl (C=O) groups excluding carboxylic acids is 2. The maximum absolute atomic E-state index is 15.5. The normalized spacial score (nSPS) is 20.2. The van der Waals surface area contributed by atoms with E-state index >= 15 is 4.39 Å². The highest BCUT2D eigenvalue weighted by Crippen LogP contribution is 2.50. The van der Waals surface area contributed by atoms with Gasteiger partial charge in [0.05, 0.1) is 60.3 Å². The topological polar surface area (TPSA) is 230 Å². The number of aliphatic hydroxyl groups is 1. The summed E-state index contributed by atoms with van der Waals surface area (Å²) in [6, 6.07) is 4.23. The van der Waals surface area contributed by atoms with E-state index in [0.29, 0.717) is 27.4 Å². The van der Waals surface area contributed by atoms with Crippen LogP contribution >= 0.6 is 19.6 Å². The van der Waals surface area contributed by atoms with Gasteiger partial charge < -0.3 is 43.2 Å². The Hall–Kier alpha value is -3.49. The Morgan fingerprint density at radius 2 is 1.68 bits per heavy atom. The van der Waals surface area contributed by atoms with Gasteiger partial charge in [-0.1, -0.05) is 0 Å². The summed E-state index contributed by atoms with van der Waals surface area (Å²) in [4.78, 5) is 62.6. The van der Waals surface area contributed by atoms with E-state index in [9.17, 15) is 33.7 Å². The number of rotatable bonds is 20. The number of nitrogens with zero attached hydrogens (tertiary/aromatic N) is 1. The van der Waals surface area contributed by atoms with Crippen LogP contribution in [0.4, 0.5) is 4.39 Å². The SMILES string of the molecule is CCOC(=O)C(COCSCc1c(OC)cc(OC)cc1OC)(COP(=O)(O)OC1C(CO)OC(n2ccc(=O)[nH]c2=O)C1F)C(=O)OCC. The first-order valence-electron chi connectivity index (χ1n) is 15.0. The summed E-state index contributed by atoms with van der Waals surface area (Å²) in [5.41, 5.74) is -3.62. The molecule has 0 saturated carbocycles. The number of ether oxygens (including phenoxy) is 7. The number of nitrogens with one attached hydrogen (secondary N) is 1. The van der Waals surface area contributed by atoms with E-state index in [2.05, 4.69) is 0 Å². The number of aromatic nitrogens is 2. The maximum atomic E-state index is 15.5. The number of benzene rings is 1. The Morgan fingerprint density at radius 1 is 1.06 bits per heavy atom. The van der Waals surface area contributed by atoms with E-state index < -0.39 is 80.9 Å². The van der Waals surface area contributed by atoms with Gasteiger partial charge in [0, 0.05) is 35.7 Å². The van der Waals surface area contributed by atoms with Gasteiger partial charge >= 0.3 is 25.5 Å². The van der Waals surface area contributed by atoms with Crippen molar-refractivity contribution in [2.45, 2.75) is 44.2 Å². The molecule has 5 atom stereocenters.